The smallest absolute Gasteiger partial charge is 0.169 e. The van der Waals surface area contributed by atoms with Crippen LogP contribution in [0.4, 0.5) is 4.39 Å². The lowest BCUT2D eigenvalue weighted by Gasteiger charge is -2.33. The van der Waals surface area contributed by atoms with E-state index < -0.39 is 0 Å². The van der Waals surface area contributed by atoms with Crippen molar-refractivity contribution in [2.75, 3.05) is 7.05 Å². The maximum atomic E-state index is 13.6. The third-order valence-corrected chi connectivity index (χ3v) is 4.56. The molecular weight excluding hydrogens is 271 g/mol. The molecule has 0 spiro atoms. The number of thiocarbonyl (C=S) groups is 1. The Bertz CT molecular complexity index is 464. The van der Waals surface area contributed by atoms with Crippen molar-refractivity contribution < 1.29 is 4.39 Å². The van der Waals surface area contributed by atoms with Crippen LogP contribution in [0.1, 0.15) is 38.2 Å². The Morgan fingerprint density at radius 3 is 2.75 bits per heavy atom. The monoisotopic (exact) mass is 294 g/mol. The van der Waals surface area contributed by atoms with Gasteiger partial charge in [0.2, 0.25) is 0 Å². The Morgan fingerprint density at radius 2 is 2.05 bits per heavy atom. The fraction of sp³-hybridized carbons (Fsp3) is 0.562. The molecule has 2 nitrogen and oxygen atoms in total. The minimum Gasteiger partial charge on any atom is -0.360 e. The highest BCUT2D eigenvalue weighted by molar-refractivity contribution is 7.80. The van der Waals surface area contributed by atoms with Gasteiger partial charge in [-0.1, -0.05) is 38.0 Å². The molecule has 2 rings (SSSR count). The van der Waals surface area contributed by atoms with Crippen molar-refractivity contribution in [2.45, 2.75) is 45.2 Å². The molecular formula is C16H23FN2S. The van der Waals surface area contributed by atoms with Crippen molar-refractivity contribution in [3.8, 4) is 0 Å². The van der Waals surface area contributed by atoms with Crippen LogP contribution in [0.15, 0.2) is 24.3 Å². The molecule has 1 aromatic rings. The van der Waals surface area contributed by atoms with E-state index in [9.17, 15) is 4.39 Å². The van der Waals surface area contributed by atoms with E-state index in [-0.39, 0.29) is 5.82 Å². The van der Waals surface area contributed by atoms with Crippen LogP contribution in [0.25, 0.3) is 0 Å². The molecule has 0 aliphatic heterocycles. The van der Waals surface area contributed by atoms with Crippen molar-refractivity contribution in [1.29, 1.82) is 0 Å². The topological polar surface area (TPSA) is 15.3 Å². The van der Waals surface area contributed by atoms with E-state index in [1.165, 1.54) is 31.7 Å². The zero-order valence-corrected chi connectivity index (χ0v) is 13.0. The molecule has 1 aliphatic rings. The van der Waals surface area contributed by atoms with Gasteiger partial charge in [0.1, 0.15) is 5.82 Å². The van der Waals surface area contributed by atoms with Crippen LogP contribution < -0.4 is 5.32 Å². The number of rotatable bonds is 3. The first-order valence-electron chi connectivity index (χ1n) is 7.33. The van der Waals surface area contributed by atoms with Crippen molar-refractivity contribution >= 4 is 17.3 Å². The Kier molecular flexibility index (Phi) is 5.35. The molecule has 0 bridgehead atoms. The fourth-order valence-electron chi connectivity index (χ4n) is 2.75. The second-order valence-electron chi connectivity index (χ2n) is 5.77. The highest BCUT2D eigenvalue weighted by atomic mass is 32.1. The van der Waals surface area contributed by atoms with Crippen LogP contribution in [-0.2, 0) is 6.54 Å². The molecule has 0 amide bonds. The Hall–Kier alpha value is -1.16. The summed E-state index contributed by atoms with van der Waals surface area (Å²) in [6.45, 7) is 2.77. The SMILES string of the molecule is C[C@@H]1CCCC[C@@H]1NC(=S)N(C)Cc1ccccc1F. The normalized spacial score (nSPS) is 22.4. The summed E-state index contributed by atoms with van der Waals surface area (Å²) in [6, 6.07) is 7.31. The lowest BCUT2D eigenvalue weighted by atomic mass is 9.86. The lowest BCUT2D eigenvalue weighted by molar-refractivity contribution is 0.300. The molecule has 0 radical (unpaired) electrons. The highest BCUT2D eigenvalue weighted by Crippen LogP contribution is 2.23. The largest absolute Gasteiger partial charge is 0.360 e. The van der Waals surface area contributed by atoms with Crippen molar-refractivity contribution in [3.05, 3.63) is 35.6 Å². The van der Waals surface area contributed by atoms with Gasteiger partial charge in [0.05, 0.1) is 0 Å². The van der Waals surface area contributed by atoms with Gasteiger partial charge in [-0.2, -0.15) is 0 Å². The van der Waals surface area contributed by atoms with Gasteiger partial charge in [-0.3, -0.25) is 0 Å². The van der Waals surface area contributed by atoms with Crippen molar-refractivity contribution in [2.24, 2.45) is 5.92 Å². The van der Waals surface area contributed by atoms with E-state index in [2.05, 4.69) is 12.2 Å². The maximum Gasteiger partial charge on any atom is 0.169 e. The first-order chi connectivity index (χ1) is 9.58. The average molecular weight is 294 g/mol. The van der Waals surface area contributed by atoms with E-state index in [1.54, 1.807) is 12.1 Å². The van der Waals surface area contributed by atoms with Crippen LogP contribution in [0, 0.1) is 11.7 Å². The summed E-state index contributed by atoms with van der Waals surface area (Å²) in [5, 5.41) is 4.16. The van der Waals surface area contributed by atoms with Crippen LogP contribution in [0.2, 0.25) is 0 Å². The van der Waals surface area contributed by atoms with Gasteiger partial charge in [0.15, 0.2) is 5.11 Å². The van der Waals surface area contributed by atoms with Crippen LogP contribution in [0.5, 0.6) is 0 Å². The van der Waals surface area contributed by atoms with E-state index in [1.807, 2.05) is 18.0 Å². The van der Waals surface area contributed by atoms with E-state index in [0.29, 0.717) is 29.2 Å². The molecule has 1 N–H and O–H groups in total. The second kappa shape index (κ2) is 7.02. The van der Waals surface area contributed by atoms with Gasteiger partial charge < -0.3 is 10.2 Å². The quantitative estimate of drug-likeness (QED) is 0.856. The van der Waals surface area contributed by atoms with Gasteiger partial charge in [-0.05, 0) is 37.0 Å². The first kappa shape index (κ1) is 15.2. The fourth-order valence-corrected chi connectivity index (χ4v) is 2.97. The van der Waals surface area contributed by atoms with Gasteiger partial charge >= 0.3 is 0 Å². The second-order valence-corrected chi connectivity index (χ2v) is 6.15. The molecule has 0 saturated heterocycles. The summed E-state index contributed by atoms with van der Waals surface area (Å²) in [5.74, 6) is 0.483. The minimum atomic E-state index is -0.173. The molecule has 4 heteroatoms. The summed E-state index contributed by atoms with van der Waals surface area (Å²) in [7, 11) is 1.91. The summed E-state index contributed by atoms with van der Waals surface area (Å²) in [4.78, 5) is 1.91. The predicted octanol–water partition coefficient (Wildman–Crippen LogP) is 3.71. The number of nitrogens with zero attached hydrogens (tertiary/aromatic N) is 1. The zero-order valence-electron chi connectivity index (χ0n) is 12.2. The summed E-state index contributed by atoms with van der Waals surface area (Å²) in [5.41, 5.74) is 0.677. The molecule has 1 saturated carbocycles. The first-order valence-corrected chi connectivity index (χ1v) is 7.74. The van der Waals surface area contributed by atoms with E-state index >= 15 is 0 Å². The molecule has 0 unspecified atom stereocenters. The lowest BCUT2D eigenvalue weighted by Crippen LogP contribution is -2.46. The minimum absolute atomic E-state index is 0.173. The number of benzene rings is 1. The van der Waals surface area contributed by atoms with Gasteiger partial charge in [-0.25, -0.2) is 4.39 Å². The molecule has 2 atom stereocenters. The average Bonchev–Trinajstić information content (AvgIpc) is 2.43. The molecule has 1 aromatic carbocycles. The zero-order chi connectivity index (χ0) is 14.5. The number of nitrogens with one attached hydrogen (secondary N) is 1. The maximum absolute atomic E-state index is 13.6. The van der Waals surface area contributed by atoms with Crippen LogP contribution in [-0.4, -0.2) is 23.1 Å². The molecule has 1 aliphatic carbocycles. The Morgan fingerprint density at radius 1 is 1.35 bits per heavy atom. The highest BCUT2D eigenvalue weighted by Gasteiger charge is 2.22. The number of halogens is 1. The van der Waals surface area contributed by atoms with Crippen LogP contribution in [0.3, 0.4) is 0 Å². The Labute approximate surface area is 126 Å². The Balaban J connectivity index is 1.90. The van der Waals surface area contributed by atoms with E-state index in [0.717, 1.165) is 0 Å². The van der Waals surface area contributed by atoms with Gasteiger partial charge in [0, 0.05) is 25.2 Å². The molecule has 0 aromatic heterocycles. The van der Waals surface area contributed by atoms with E-state index in [4.69, 9.17) is 12.2 Å². The molecule has 110 valence electrons. The third-order valence-electron chi connectivity index (χ3n) is 4.13. The third kappa shape index (κ3) is 3.92. The molecule has 0 heterocycles. The van der Waals surface area contributed by atoms with Crippen molar-refractivity contribution in [3.63, 3.8) is 0 Å². The van der Waals surface area contributed by atoms with Crippen LogP contribution >= 0.6 is 12.2 Å². The van der Waals surface area contributed by atoms with Crippen molar-refractivity contribution in [1.82, 2.24) is 10.2 Å². The number of hydrogen-bond acceptors (Lipinski definition) is 1. The summed E-state index contributed by atoms with van der Waals surface area (Å²) >= 11 is 5.45. The predicted molar refractivity (Wildman–Crippen MR) is 85.0 cm³/mol. The number of hydrogen-bond donors (Lipinski definition) is 1. The summed E-state index contributed by atoms with van der Waals surface area (Å²) in [6.07, 6.45) is 5.02. The standard InChI is InChI=1S/C16H23FN2S/c1-12-7-3-6-10-15(12)18-16(20)19(2)11-13-8-4-5-9-14(13)17/h4-5,8-9,12,15H,3,6-7,10-11H2,1-2H3,(H,18,20)/t12-,15+/m1/s1. The summed E-state index contributed by atoms with van der Waals surface area (Å²) < 4.78 is 13.6. The van der Waals surface area contributed by atoms with Gasteiger partial charge in [-0.15, -0.1) is 0 Å². The molecule has 20 heavy (non-hydrogen) atoms. The molecule has 1 fully saturated rings. The van der Waals surface area contributed by atoms with Gasteiger partial charge in [0.25, 0.3) is 0 Å².